The number of hydrogen-bond donors (Lipinski definition) is 0. The van der Waals surface area contributed by atoms with Crippen molar-refractivity contribution in [3.63, 3.8) is 0 Å². The topological polar surface area (TPSA) is 0 Å². The normalized spacial score (nSPS) is 16.6. The number of benzene rings is 2. The fourth-order valence-corrected chi connectivity index (χ4v) is 17.2. The number of hydrogen-bond acceptors (Lipinski definition) is 0. The molecule has 1 saturated carbocycles. The molecular weight excluding hydrogens is 555 g/mol. The molecule has 0 radical (unpaired) electrons. The van der Waals surface area contributed by atoms with Gasteiger partial charge in [-0.25, -0.2) is 0 Å². The second-order valence-corrected chi connectivity index (χ2v) is 28.7. The average molecular weight is 591 g/mol. The second-order valence-electron chi connectivity index (χ2n) is 11.7. The quantitative estimate of drug-likeness (QED) is 0.460. The summed E-state index contributed by atoms with van der Waals surface area (Å²) in [6.07, 6.45) is 12.7. The van der Waals surface area contributed by atoms with Gasteiger partial charge in [0, 0.05) is 0 Å². The summed E-state index contributed by atoms with van der Waals surface area (Å²) in [5.74, 6) is 0. The first kappa shape index (κ1) is 27.3. The van der Waals surface area contributed by atoms with Crippen LogP contribution in [0, 0.1) is 0 Å². The first-order chi connectivity index (χ1) is 14.6. The molecule has 3 aliphatic rings. The van der Waals surface area contributed by atoms with E-state index in [9.17, 15) is 0 Å². The molecule has 0 heterocycles. The van der Waals surface area contributed by atoms with Crippen molar-refractivity contribution in [1.29, 1.82) is 0 Å². The van der Waals surface area contributed by atoms with E-state index >= 15 is 0 Å². The van der Waals surface area contributed by atoms with Crippen LogP contribution in [0.1, 0.15) is 40.4 Å². The molecule has 0 aliphatic heterocycles. The molecule has 0 spiro atoms. The maximum atomic E-state index is 2.67. The van der Waals surface area contributed by atoms with Crippen LogP contribution in [0.25, 0.3) is 11.1 Å². The summed E-state index contributed by atoms with van der Waals surface area (Å²) in [4.78, 5) is 0. The monoisotopic (exact) mass is 588 g/mol. The van der Waals surface area contributed by atoms with E-state index in [2.05, 4.69) is 93.9 Å². The molecule has 0 amide bonds. The fourth-order valence-electron chi connectivity index (χ4n) is 5.39. The first-order valence-electron chi connectivity index (χ1n) is 12.0. The van der Waals surface area contributed by atoms with E-state index in [4.69, 9.17) is 0 Å². The van der Waals surface area contributed by atoms with Gasteiger partial charge in [0.1, 0.15) is 0 Å². The standard InChI is InChI=1S/C19H25Si2.C5H5.C4H6.2ClH.Zr/c1-20(2,3)16-7-9-18-14(12-16)11-15-13-17(21(4,5)6)8-10-19(15)18;1-2-4-5-3-1;1-2-4-3-1;;;/h7-13H,1-6H3;1-3H,4H2;1-3H2;2*1H;/q;;;;;+2/p-2. The minimum atomic E-state index is -1.97. The third-order valence-corrected chi connectivity index (χ3v) is 20.2. The van der Waals surface area contributed by atoms with Crippen molar-refractivity contribution in [2.75, 3.05) is 0 Å². The third kappa shape index (κ3) is 5.01. The summed E-state index contributed by atoms with van der Waals surface area (Å²) in [7, 11) is -2.69. The Hall–Kier alpha value is -0.313. The molecule has 0 unspecified atom stereocenters. The molecule has 33 heavy (non-hydrogen) atoms. The Morgan fingerprint density at radius 1 is 0.758 bits per heavy atom. The molecule has 0 bridgehead atoms. The van der Waals surface area contributed by atoms with Gasteiger partial charge >= 0.3 is 200 Å². The minimum absolute atomic E-state index is 0. The summed E-state index contributed by atoms with van der Waals surface area (Å²) >= 11 is -1.97. The zero-order valence-corrected chi connectivity index (χ0v) is 26.8. The van der Waals surface area contributed by atoms with Crippen LogP contribution in [0.4, 0.5) is 0 Å². The number of fused-ring (bicyclic) bond motifs is 3. The van der Waals surface area contributed by atoms with Crippen molar-refractivity contribution < 1.29 is 46.1 Å². The van der Waals surface area contributed by atoms with Crippen LogP contribution in [0.3, 0.4) is 0 Å². The van der Waals surface area contributed by atoms with Crippen LogP contribution in [-0.4, -0.2) is 19.4 Å². The molecule has 1 fully saturated rings. The summed E-state index contributed by atoms with van der Waals surface area (Å²) < 4.78 is 4.54. The summed E-state index contributed by atoms with van der Waals surface area (Å²) in [5, 5.41) is 3.27. The van der Waals surface area contributed by atoms with Gasteiger partial charge in [-0.2, -0.15) is 0 Å². The van der Waals surface area contributed by atoms with Gasteiger partial charge in [0.15, 0.2) is 0 Å². The predicted molar refractivity (Wildman–Crippen MR) is 140 cm³/mol. The van der Waals surface area contributed by atoms with Crippen molar-refractivity contribution in [3.8, 4) is 11.1 Å². The zero-order chi connectivity index (χ0) is 22.0. The Morgan fingerprint density at radius 2 is 1.27 bits per heavy atom. The summed E-state index contributed by atoms with van der Waals surface area (Å²) in [6.45, 7) is 15.0. The number of rotatable bonds is 4. The van der Waals surface area contributed by atoms with Gasteiger partial charge in [0.25, 0.3) is 0 Å². The van der Waals surface area contributed by atoms with Crippen molar-refractivity contribution in [3.05, 3.63) is 69.0 Å². The first-order valence-corrected chi connectivity index (χ1v) is 22.9. The molecule has 5 heteroatoms. The molecule has 174 valence electrons. The molecule has 0 nitrogen and oxygen atoms in total. The van der Waals surface area contributed by atoms with E-state index in [-0.39, 0.29) is 24.8 Å². The average Bonchev–Trinajstić information content (AvgIpc) is 3.29. The molecule has 0 aromatic heterocycles. The van der Waals surface area contributed by atoms with Crippen LogP contribution in [0.15, 0.2) is 57.9 Å². The number of halogens is 2. The molecule has 0 atom stereocenters. The van der Waals surface area contributed by atoms with Gasteiger partial charge in [-0.15, -0.1) is 0 Å². The van der Waals surface area contributed by atoms with E-state index in [1.165, 1.54) is 25.7 Å². The van der Waals surface area contributed by atoms with Crippen molar-refractivity contribution >= 4 is 29.7 Å². The van der Waals surface area contributed by atoms with Crippen LogP contribution < -0.4 is 35.2 Å². The van der Waals surface area contributed by atoms with Gasteiger partial charge in [-0.3, -0.25) is 0 Å². The molecular formula is C28H36Cl2Si2Zr. The minimum Gasteiger partial charge on any atom is -1.00 e. The SMILES string of the molecule is C[Si](C)(C)c1ccc2c(c1)[CH]([Zr+2]([C]1=CC=CC1)=[C]1CCC1)c1cc([Si](C)(C)C)ccc1-2.[Cl-].[Cl-]. The van der Waals surface area contributed by atoms with Crippen LogP contribution in [-0.2, 0) is 21.3 Å². The Morgan fingerprint density at radius 3 is 1.64 bits per heavy atom. The van der Waals surface area contributed by atoms with Gasteiger partial charge in [0.05, 0.1) is 0 Å². The number of allylic oxidation sites excluding steroid dienone is 4. The van der Waals surface area contributed by atoms with E-state index < -0.39 is 37.4 Å². The molecule has 2 aromatic rings. The summed E-state index contributed by atoms with van der Waals surface area (Å²) in [5.41, 5.74) is 6.50. The Labute approximate surface area is 223 Å². The van der Waals surface area contributed by atoms with Crippen molar-refractivity contribution in [1.82, 2.24) is 0 Å². The third-order valence-electron chi connectivity index (χ3n) is 7.49. The molecule has 5 rings (SSSR count). The van der Waals surface area contributed by atoms with Crippen molar-refractivity contribution in [2.24, 2.45) is 0 Å². The zero-order valence-electron chi connectivity index (χ0n) is 20.9. The second kappa shape index (κ2) is 9.98. The van der Waals surface area contributed by atoms with Gasteiger partial charge in [-0.05, 0) is 0 Å². The Balaban J connectivity index is 0.00000153. The predicted octanol–water partition coefficient (Wildman–Crippen LogP) is 0.673. The molecule has 0 saturated heterocycles. The van der Waals surface area contributed by atoms with Gasteiger partial charge in [-0.1, -0.05) is 0 Å². The smallest absolute Gasteiger partial charge is 1.00 e. The molecule has 3 aliphatic carbocycles. The van der Waals surface area contributed by atoms with Crippen molar-refractivity contribution in [2.45, 2.75) is 68.6 Å². The maximum Gasteiger partial charge on any atom is -1.00 e. The van der Waals surface area contributed by atoms with Crippen LogP contribution in [0.2, 0.25) is 39.3 Å². The van der Waals surface area contributed by atoms with Gasteiger partial charge < -0.3 is 24.8 Å². The van der Waals surface area contributed by atoms with E-state index in [1.807, 2.05) is 6.49 Å². The van der Waals surface area contributed by atoms with Crippen LogP contribution >= 0.6 is 0 Å². The molecule has 2 aromatic carbocycles. The fraction of sp³-hybridized carbons (Fsp3) is 0.393. The molecule has 0 N–H and O–H groups in total. The van der Waals surface area contributed by atoms with E-state index in [1.54, 1.807) is 32.6 Å². The van der Waals surface area contributed by atoms with Gasteiger partial charge in [0.2, 0.25) is 0 Å². The van der Waals surface area contributed by atoms with Crippen LogP contribution in [0.5, 0.6) is 0 Å². The maximum absolute atomic E-state index is 2.67. The van der Waals surface area contributed by atoms with E-state index in [0.717, 1.165) is 0 Å². The Kier molecular flexibility index (Phi) is 8.25. The summed E-state index contributed by atoms with van der Waals surface area (Å²) in [6, 6.07) is 15.2. The van der Waals surface area contributed by atoms with E-state index in [0.29, 0.717) is 3.63 Å². The largest absolute Gasteiger partial charge is 1.00 e. The Bertz CT molecular complexity index is 1090.